The second-order valence-corrected chi connectivity index (χ2v) is 2.95. The molecule has 4 nitrogen and oxygen atoms in total. The van der Waals surface area contributed by atoms with E-state index in [0.717, 1.165) is 17.5 Å². The van der Waals surface area contributed by atoms with Crippen LogP contribution in [0.15, 0.2) is 12.3 Å². The molecule has 0 saturated heterocycles. The molecular formula is C8H8FN3O. The largest absolute Gasteiger partial charge is 0.351 e. The molecule has 0 atom stereocenters. The van der Waals surface area contributed by atoms with Gasteiger partial charge >= 0.3 is 6.03 Å². The molecule has 5 heteroatoms. The number of hydrogen-bond donors (Lipinski definition) is 1. The minimum Gasteiger partial charge on any atom is -0.351 e. The molecule has 13 heavy (non-hydrogen) atoms. The smallest absolute Gasteiger partial charge is 0.315 e. The first-order valence-corrected chi connectivity index (χ1v) is 3.84. The second kappa shape index (κ2) is 2.69. The quantitative estimate of drug-likeness (QED) is 0.637. The van der Waals surface area contributed by atoms with Gasteiger partial charge in [0.25, 0.3) is 0 Å². The lowest BCUT2D eigenvalue weighted by Crippen LogP contribution is -2.30. The molecule has 1 aromatic rings. The SMILES string of the molecule is NC(=O)N1Cc2cc(F)cnc2C1. The van der Waals surface area contributed by atoms with Crippen LogP contribution in [0.5, 0.6) is 0 Å². The molecule has 0 aliphatic carbocycles. The van der Waals surface area contributed by atoms with Crippen LogP contribution in [0.25, 0.3) is 0 Å². The number of hydrogen-bond acceptors (Lipinski definition) is 2. The van der Waals surface area contributed by atoms with Crippen molar-refractivity contribution in [3.63, 3.8) is 0 Å². The summed E-state index contributed by atoms with van der Waals surface area (Å²) in [5.74, 6) is -0.384. The van der Waals surface area contributed by atoms with Crippen molar-refractivity contribution in [1.82, 2.24) is 9.88 Å². The van der Waals surface area contributed by atoms with Gasteiger partial charge in [-0.1, -0.05) is 0 Å². The fourth-order valence-electron chi connectivity index (χ4n) is 1.39. The van der Waals surface area contributed by atoms with E-state index in [1.165, 1.54) is 11.0 Å². The van der Waals surface area contributed by atoms with E-state index in [4.69, 9.17) is 5.73 Å². The Balaban J connectivity index is 2.30. The summed E-state index contributed by atoms with van der Waals surface area (Å²) in [6.45, 7) is 0.736. The number of rotatable bonds is 0. The molecule has 0 fully saturated rings. The van der Waals surface area contributed by atoms with E-state index in [2.05, 4.69) is 4.98 Å². The molecule has 1 aliphatic rings. The topological polar surface area (TPSA) is 59.2 Å². The standard InChI is InChI=1S/C8H8FN3O/c9-6-1-5-3-12(8(10)13)4-7(5)11-2-6/h1-2H,3-4H2,(H2,10,13). The van der Waals surface area contributed by atoms with Crippen LogP contribution in [-0.2, 0) is 13.1 Å². The number of primary amides is 1. The van der Waals surface area contributed by atoms with Crippen molar-refractivity contribution in [2.75, 3.05) is 0 Å². The van der Waals surface area contributed by atoms with Gasteiger partial charge in [-0.25, -0.2) is 9.18 Å². The van der Waals surface area contributed by atoms with E-state index >= 15 is 0 Å². The number of carbonyl (C=O) groups is 1. The Morgan fingerprint density at radius 2 is 2.38 bits per heavy atom. The van der Waals surface area contributed by atoms with Crippen LogP contribution in [0.3, 0.4) is 0 Å². The zero-order valence-corrected chi connectivity index (χ0v) is 6.83. The lowest BCUT2D eigenvalue weighted by molar-refractivity contribution is 0.208. The highest BCUT2D eigenvalue weighted by molar-refractivity contribution is 5.72. The third-order valence-corrected chi connectivity index (χ3v) is 2.04. The summed E-state index contributed by atoms with van der Waals surface area (Å²) in [6.07, 6.45) is 1.14. The molecular weight excluding hydrogens is 173 g/mol. The van der Waals surface area contributed by atoms with E-state index in [1.54, 1.807) is 0 Å². The first-order chi connectivity index (χ1) is 6.16. The lowest BCUT2D eigenvalue weighted by atomic mass is 10.2. The Bertz CT molecular complexity index is 366. The maximum Gasteiger partial charge on any atom is 0.315 e. The predicted molar refractivity (Wildman–Crippen MR) is 43.0 cm³/mol. The molecule has 68 valence electrons. The summed E-state index contributed by atoms with van der Waals surface area (Å²) in [7, 11) is 0. The van der Waals surface area contributed by atoms with Crippen LogP contribution in [-0.4, -0.2) is 15.9 Å². The highest BCUT2D eigenvalue weighted by atomic mass is 19.1. The van der Waals surface area contributed by atoms with Crippen molar-refractivity contribution < 1.29 is 9.18 Å². The Morgan fingerprint density at radius 3 is 3.08 bits per heavy atom. The van der Waals surface area contributed by atoms with Gasteiger partial charge < -0.3 is 10.6 Å². The molecule has 1 aromatic heterocycles. The summed E-state index contributed by atoms with van der Waals surface area (Å²) in [4.78, 5) is 16.1. The van der Waals surface area contributed by atoms with Crippen LogP contribution < -0.4 is 5.73 Å². The molecule has 2 heterocycles. The monoisotopic (exact) mass is 181 g/mol. The first-order valence-electron chi connectivity index (χ1n) is 3.84. The lowest BCUT2D eigenvalue weighted by Gasteiger charge is -2.09. The predicted octanol–water partition coefficient (Wildman–Crippen LogP) is 0.615. The van der Waals surface area contributed by atoms with Gasteiger partial charge in [0.1, 0.15) is 5.82 Å². The van der Waals surface area contributed by atoms with Crippen LogP contribution >= 0.6 is 0 Å². The molecule has 0 spiro atoms. The van der Waals surface area contributed by atoms with Crippen LogP contribution in [0, 0.1) is 5.82 Å². The summed E-state index contributed by atoms with van der Waals surface area (Å²) >= 11 is 0. The van der Waals surface area contributed by atoms with E-state index < -0.39 is 6.03 Å². The van der Waals surface area contributed by atoms with Crippen LogP contribution in [0.1, 0.15) is 11.3 Å². The number of halogens is 1. The molecule has 1 aliphatic heterocycles. The number of carbonyl (C=O) groups excluding carboxylic acids is 1. The van der Waals surface area contributed by atoms with Gasteiger partial charge in [0.05, 0.1) is 18.4 Å². The number of amides is 2. The number of aromatic nitrogens is 1. The van der Waals surface area contributed by atoms with Crippen molar-refractivity contribution in [2.45, 2.75) is 13.1 Å². The highest BCUT2D eigenvalue weighted by Gasteiger charge is 2.22. The van der Waals surface area contributed by atoms with E-state index in [9.17, 15) is 9.18 Å². The zero-order valence-electron chi connectivity index (χ0n) is 6.83. The van der Waals surface area contributed by atoms with Crippen molar-refractivity contribution in [3.8, 4) is 0 Å². The van der Waals surface area contributed by atoms with Gasteiger partial charge in [0.15, 0.2) is 0 Å². The third-order valence-electron chi connectivity index (χ3n) is 2.04. The Kier molecular flexibility index (Phi) is 1.65. The van der Waals surface area contributed by atoms with Gasteiger partial charge in [-0.15, -0.1) is 0 Å². The maximum absolute atomic E-state index is 12.7. The normalized spacial score (nSPS) is 14.4. The summed E-state index contributed by atoms with van der Waals surface area (Å²) in [5.41, 5.74) is 6.54. The van der Waals surface area contributed by atoms with Gasteiger partial charge in [-0.3, -0.25) is 4.98 Å². The second-order valence-electron chi connectivity index (χ2n) is 2.95. The van der Waals surface area contributed by atoms with Gasteiger partial charge in [0, 0.05) is 6.54 Å². The Morgan fingerprint density at radius 1 is 1.62 bits per heavy atom. The molecule has 0 radical (unpaired) electrons. The average molecular weight is 181 g/mol. The minimum absolute atomic E-state index is 0.357. The molecule has 0 saturated carbocycles. The van der Waals surface area contributed by atoms with Gasteiger partial charge in [-0.2, -0.15) is 0 Å². The van der Waals surface area contributed by atoms with Crippen LogP contribution in [0.2, 0.25) is 0 Å². The number of fused-ring (bicyclic) bond motifs is 1. The van der Waals surface area contributed by atoms with Gasteiger partial charge in [0.2, 0.25) is 0 Å². The molecule has 0 unspecified atom stereocenters. The molecule has 2 amide bonds. The van der Waals surface area contributed by atoms with Crippen LogP contribution in [0.4, 0.5) is 9.18 Å². The fourth-order valence-corrected chi connectivity index (χ4v) is 1.39. The third kappa shape index (κ3) is 1.32. The van der Waals surface area contributed by atoms with E-state index in [-0.39, 0.29) is 5.82 Å². The number of pyridine rings is 1. The number of nitrogens with two attached hydrogens (primary N) is 1. The van der Waals surface area contributed by atoms with E-state index in [0.29, 0.717) is 13.1 Å². The summed E-state index contributed by atoms with van der Waals surface area (Å²) < 4.78 is 12.7. The number of nitrogens with zero attached hydrogens (tertiary/aromatic N) is 2. The van der Waals surface area contributed by atoms with Crippen molar-refractivity contribution >= 4 is 6.03 Å². The molecule has 0 bridgehead atoms. The fraction of sp³-hybridized carbons (Fsp3) is 0.250. The maximum atomic E-state index is 12.7. The van der Waals surface area contributed by atoms with Crippen molar-refractivity contribution in [1.29, 1.82) is 0 Å². The van der Waals surface area contributed by atoms with Gasteiger partial charge in [-0.05, 0) is 11.6 Å². The minimum atomic E-state index is -0.501. The average Bonchev–Trinajstić information content (AvgIpc) is 2.46. The zero-order chi connectivity index (χ0) is 9.42. The van der Waals surface area contributed by atoms with Crippen molar-refractivity contribution in [2.24, 2.45) is 5.73 Å². The summed E-state index contributed by atoms with van der Waals surface area (Å²) in [6, 6.07) is 0.879. The first kappa shape index (κ1) is 7.97. The number of urea groups is 1. The Hall–Kier alpha value is -1.65. The molecule has 0 aromatic carbocycles. The summed E-state index contributed by atoms with van der Waals surface area (Å²) in [5, 5.41) is 0. The highest BCUT2D eigenvalue weighted by Crippen LogP contribution is 2.20. The van der Waals surface area contributed by atoms with E-state index in [1.807, 2.05) is 0 Å². The Labute approximate surface area is 74.2 Å². The molecule has 2 rings (SSSR count). The van der Waals surface area contributed by atoms with Crippen molar-refractivity contribution in [3.05, 3.63) is 29.3 Å². The molecule has 2 N–H and O–H groups in total.